The van der Waals surface area contributed by atoms with Gasteiger partial charge in [-0.25, -0.2) is 13.5 Å². The average Bonchev–Trinajstić information content (AvgIpc) is 3.47. The van der Waals surface area contributed by atoms with Crippen molar-refractivity contribution in [3.8, 4) is 5.69 Å². The zero-order valence-electron chi connectivity index (χ0n) is 16.2. The van der Waals surface area contributed by atoms with E-state index in [1.165, 1.54) is 29.2 Å². The highest BCUT2D eigenvalue weighted by molar-refractivity contribution is 7.10. The number of nitrogens with one attached hydrogen (secondary N) is 1. The van der Waals surface area contributed by atoms with E-state index >= 15 is 0 Å². The van der Waals surface area contributed by atoms with E-state index in [4.69, 9.17) is 4.74 Å². The summed E-state index contributed by atoms with van der Waals surface area (Å²) < 4.78 is 33.3. The largest absolute Gasteiger partial charge is 0.469 e. The van der Waals surface area contributed by atoms with Crippen molar-refractivity contribution >= 4 is 23.2 Å². The van der Waals surface area contributed by atoms with Gasteiger partial charge in [-0.05, 0) is 42.8 Å². The maximum absolute atomic E-state index is 13.7. The molecular formula is C21H19F2N3O3S. The molecule has 2 heterocycles. The van der Waals surface area contributed by atoms with E-state index in [0.717, 1.165) is 34.7 Å². The number of benzene rings is 1. The summed E-state index contributed by atoms with van der Waals surface area (Å²) in [5.41, 5.74) is 2.20. The van der Waals surface area contributed by atoms with Crippen LogP contribution in [0.3, 0.4) is 0 Å². The lowest BCUT2D eigenvalue weighted by molar-refractivity contribution is -0.141. The molecule has 30 heavy (non-hydrogen) atoms. The molecule has 0 bridgehead atoms. The van der Waals surface area contributed by atoms with Crippen molar-refractivity contribution in [1.29, 1.82) is 0 Å². The zero-order chi connectivity index (χ0) is 21.3. The van der Waals surface area contributed by atoms with Gasteiger partial charge in [0.1, 0.15) is 0 Å². The van der Waals surface area contributed by atoms with E-state index in [2.05, 4.69) is 10.4 Å². The number of hydrogen-bond donors (Lipinski definition) is 1. The number of fused-ring (bicyclic) bond motifs is 1. The Kier molecular flexibility index (Phi) is 5.63. The Morgan fingerprint density at radius 2 is 2.10 bits per heavy atom. The smallest absolute Gasteiger partial charge is 0.307 e. The van der Waals surface area contributed by atoms with Gasteiger partial charge in [-0.15, -0.1) is 11.3 Å². The number of esters is 1. The Morgan fingerprint density at radius 1 is 1.27 bits per heavy atom. The monoisotopic (exact) mass is 431 g/mol. The molecule has 0 saturated heterocycles. The lowest BCUT2D eigenvalue weighted by Gasteiger charge is -2.16. The number of nitrogens with zero attached hydrogens (tertiary/aromatic N) is 2. The molecule has 0 fully saturated rings. The Hall–Kier alpha value is -3.07. The number of thiophene rings is 1. The van der Waals surface area contributed by atoms with Gasteiger partial charge < -0.3 is 10.1 Å². The van der Waals surface area contributed by atoms with Crippen molar-refractivity contribution in [3.63, 3.8) is 0 Å². The van der Waals surface area contributed by atoms with Gasteiger partial charge in [-0.3, -0.25) is 9.59 Å². The molecule has 1 N–H and O–H groups in total. The predicted octanol–water partition coefficient (Wildman–Crippen LogP) is 3.73. The van der Waals surface area contributed by atoms with E-state index in [9.17, 15) is 18.4 Å². The Labute approximate surface area is 175 Å². The molecule has 0 radical (unpaired) electrons. The first-order valence-corrected chi connectivity index (χ1v) is 10.3. The first-order chi connectivity index (χ1) is 14.5. The average molecular weight is 431 g/mol. The molecule has 0 spiro atoms. The number of hydrogen-bond acceptors (Lipinski definition) is 5. The van der Waals surface area contributed by atoms with Crippen molar-refractivity contribution in [3.05, 3.63) is 69.2 Å². The van der Waals surface area contributed by atoms with Gasteiger partial charge in [-0.1, -0.05) is 6.07 Å². The molecule has 0 saturated carbocycles. The first-order valence-electron chi connectivity index (χ1n) is 9.45. The molecule has 9 heteroatoms. The van der Waals surface area contributed by atoms with E-state index in [1.807, 2.05) is 17.5 Å². The minimum absolute atomic E-state index is 0.00513. The lowest BCUT2D eigenvalue weighted by atomic mass is 10.1. The van der Waals surface area contributed by atoms with Crippen LogP contribution in [0.25, 0.3) is 5.69 Å². The summed E-state index contributed by atoms with van der Waals surface area (Å²) in [7, 11) is 1.30. The molecule has 1 amide bonds. The van der Waals surface area contributed by atoms with Crippen LogP contribution in [0.5, 0.6) is 0 Å². The fraction of sp³-hybridized carbons (Fsp3) is 0.286. The van der Waals surface area contributed by atoms with Gasteiger partial charge in [0.05, 0.1) is 25.3 Å². The predicted molar refractivity (Wildman–Crippen MR) is 107 cm³/mol. The number of halogens is 2. The molecule has 4 rings (SSSR count). The maximum Gasteiger partial charge on any atom is 0.307 e. The van der Waals surface area contributed by atoms with Crippen LogP contribution in [0.15, 0.2) is 35.7 Å². The topological polar surface area (TPSA) is 73.2 Å². The van der Waals surface area contributed by atoms with E-state index < -0.39 is 29.6 Å². The Bertz CT molecular complexity index is 1100. The minimum atomic E-state index is -0.975. The molecule has 3 aromatic rings. The van der Waals surface area contributed by atoms with Crippen molar-refractivity contribution in [2.45, 2.75) is 31.7 Å². The van der Waals surface area contributed by atoms with Crippen LogP contribution in [-0.4, -0.2) is 28.8 Å². The Balaban J connectivity index is 1.65. The van der Waals surface area contributed by atoms with Crippen LogP contribution in [-0.2, 0) is 22.4 Å². The van der Waals surface area contributed by atoms with Gasteiger partial charge in [0.2, 0.25) is 0 Å². The molecule has 1 aromatic carbocycles. The Morgan fingerprint density at radius 3 is 2.80 bits per heavy atom. The van der Waals surface area contributed by atoms with Crippen LogP contribution in [0, 0.1) is 11.6 Å². The van der Waals surface area contributed by atoms with E-state index in [-0.39, 0.29) is 12.1 Å². The third kappa shape index (κ3) is 3.85. The summed E-state index contributed by atoms with van der Waals surface area (Å²) in [4.78, 5) is 25.7. The van der Waals surface area contributed by atoms with Gasteiger partial charge in [0, 0.05) is 22.2 Å². The number of carbonyl (C=O) groups excluding carboxylic acids is 2. The van der Waals surface area contributed by atoms with Crippen LogP contribution in [0.4, 0.5) is 8.78 Å². The zero-order valence-corrected chi connectivity index (χ0v) is 17.0. The third-order valence-electron chi connectivity index (χ3n) is 5.08. The second kappa shape index (κ2) is 8.35. The summed E-state index contributed by atoms with van der Waals surface area (Å²) in [5.74, 6) is -2.78. The summed E-state index contributed by atoms with van der Waals surface area (Å²) in [6, 6.07) is 6.66. The second-order valence-corrected chi connectivity index (χ2v) is 7.94. The van der Waals surface area contributed by atoms with Crippen LogP contribution < -0.4 is 5.32 Å². The third-order valence-corrected chi connectivity index (χ3v) is 6.07. The van der Waals surface area contributed by atoms with Crippen molar-refractivity contribution in [2.24, 2.45) is 0 Å². The second-order valence-electron chi connectivity index (χ2n) is 6.96. The van der Waals surface area contributed by atoms with Crippen LogP contribution in [0.1, 0.15) is 45.5 Å². The molecule has 1 aliphatic rings. The normalized spacial score (nSPS) is 13.7. The summed E-state index contributed by atoms with van der Waals surface area (Å²) in [5, 5.41) is 9.15. The van der Waals surface area contributed by atoms with E-state index in [1.54, 1.807) is 0 Å². The van der Waals surface area contributed by atoms with Gasteiger partial charge in [-0.2, -0.15) is 5.10 Å². The van der Waals surface area contributed by atoms with Gasteiger partial charge in [0.15, 0.2) is 17.3 Å². The first kappa shape index (κ1) is 20.2. The highest BCUT2D eigenvalue weighted by Crippen LogP contribution is 2.29. The number of carbonyl (C=O) groups is 2. The van der Waals surface area contributed by atoms with Crippen LogP contribution in [0.2, 0.25) is 0 Å². The van der Waals surface area contributed by atoms with E-state index in [0.29, 0.717) is 18.5 Å². The minimum Gasteiger partial charge on any atom is -0.469 e. The molecule has 1 unspecified atom stereocenters. The quantitative estimate of drug-likeness (QED) is 0.604. The van der Waals surface area contributed by atoms with Gasteiger partial charge >= 0.3 is 5.97 Å². The molecular weight excluding hydrogens is 412 g/mol. The number of ether oxygens (including phenoxy) is 1. The highest BCUT2D eigenvalue weighted by Gasteiger charge is 2.29. The van der Waals surface area contributed by atoms with Crippen molar-refractivity contribution in [1.82, 2.24) is 15.1 Å². The number of aromatic nitrogens is 2. The lowest BCUT2D eigenvalue weighted by Crippen LogP contribution is -2.31. The summed E-state index contributed by atoms with van der Waals surface area (Å²) in [6.45, 7) is 0. The molecule has 1 atom stereocenters. The fourth-order valence-corrected chi connectivity index (χ4v) is 4.42. The standard InChI is InChI=1S/C21H19F2N3O3S/c1-29-19(27)11-16(18-6-3-9-30-18)24-21(28)20-13-4-2-5-17(13)26(25-20)12-7-8-14(22)15(23)10-12/h3,6-10,16H,2,4-5,11H2,1H3,(H,24,28). The summed E-state index contributed by atoms with van der Waals surface area (Å²) >= 11 is 1.43. The molecule has 0 aliphatic heterocycles. The SMILES string of the molecule is COC(=O)CC(NC(=O)c1nn(-c2ccc(F)c(F)c2)c2c1CCC2)c1cccs1. The molecule has 6 nitrogen and oxygen atoms in total. The van der Waals surface area contributed by atoms with Gasteiger partial charge in [0.25, 0.3) is 5.91 Å². The number of rotatable bonds is 6. The number of amides is 1. The van der Waals surface area contributed by atoms with Crippen LogP contribution >= 0.6 is 11.3 Å². The van der Waals surface area contributed by atoms with Crippen molar-refractivity contribution < 1.29 is 23.1 Å². The highest BCUT2D eigenvalue weighted by atomic mass is 32.1. The molecule has 156 valence electrons. The summed E-state index contributed by atoms with van der Waals surface area (Å²) in [6.07, 6.45) is 2.19. The number of methoxy groups -OCH3 is 1. The fourth-order valence-electron chi connectivity index (χ4n) is 3.64. The molecule has 1 aliphatic carbocycles. The maximum atomic E-state index is 13.7. The van der Waals surface area contributed by atoms with Crippen molar-refractivity contribution in [2.75, 3.05) is 7.11 Å². The molecule has 2 aromatic heterocycles.